The van der Waals surface area contributed by atoms with Crippen LogP contribution in [0.1, 0.15) is 12.8 Å². The van der Waals surface area contributed by atoms with Gasteiger partial charge >= 0.3 is 0 Å². The van der Waals surface area contributed by atoms with Crippen molar-refractivity contribution in [1.29, 1.82) is 0 Å². The first-order valence-electron chi connectivity index (χ1n) is 5.47. The van der Waals surface area contributed by atoms with Crippen LogP contribution >= 0.6 is 11.8 Å². The van der Waals surface area contributed by atoms with Crippen LogP contribution in [0, 0.1) is 0 Å². The van der Waals surface area contributed by atoms with Gasteiger partial charge in [0.2, 0.25) is 10.0 Å². The lowest BCUT2D eigenvalue weighted by atomic mass is 10.2. The van der Waals surface area contributed by atoms with Crippen molar-refractivity contribution in [3.05, 3.63) is 24.3 Å². The van der Waals surface area contributed by atoms with Crippen molar-refractivity contribution in [3.8, 4) is 5.75 Å². The van der Waals surface area contributed by atoms with E-state index >= 15 is 0 Å². The number of hydrogen-bond donors (Lipinski definition) is 2. The first-order chi connectivity index (χ1) is 8.08. The Labute approximate surface area is 105 Å². The van der Waals surface area contributed by atoms with Crippen LogP contribution in [0.3, 0.4) is 0 Å². The summed E-state index contributed by atoms with van der Waals surface area (Å²) in [6.45, 7) is 0. The normalized spacial score (nSPS) is 21.3. The van der Waals surface area contributed by atoms with Gasteiger partial charge in [0.25, 0.3) is 0 Å². The molecule has 1 fully saturated rings. The van der Waals surface area contributed by atoms with Crippen molar-refractivity contribution >= 4 is 21.8 Å². The molecule has 0 aromatic heterocycles. The van der Waals surface area contributed by atoms with Gasteiger partial charge < -0.3 is 5.11 Å². The summed E-state index contributed by atoms with van der Waals surface area (Å²) in [6, 6.07) is 5.60. The first kappa shape index (κ1) is 12.7. The molecule has 1 heterocycles. The van der Waals surface area contributed by atoms with E-state index in [0.29, 0.717) is 0 Å². The first-order valence-corrected chi connectivity index (χ1v) is 8.11. The third-order valence-electron chi connectivity index (χ3n) is 2.63. The SMILES string of the molecule is O=S(=O)(NC1CCCSC1)c1ccc(O)cc1. The van der Waals surface area contributed by atoms with Crippen LogP contribution in [-0.4, -0.2) is 31.1 Å². The fourth-order valence-electron chi connectivity index (χ4n) is 1.75. The molecule has 1 atom stereocenters. The number of thioether (sulfide) groups is 1. The Hall–Kier alpha value is -0.720. The van der Waals surface area contributed by atoms with Crippen LogP contribution in [0.2, 0.25) is 0 Å². The molecule has 2 rings (SSSR count). The lowest BCUT2D eigenvalue weighted by Gasteiger charge is -2.22. The highest BCUT2D eigenvalue weighted by Gasteiger charge is 2.21. The minimum absolute atomic E-state index is 0.0209. The third-order valence-corrected chi connectivity index (χ3v) is 5.38. The van der Waals surface area contributed by atoms with E-state index in [2.05, 4.69) is 4.72 Å². The Morgan fingerprint density at radius 2 is 2.00 bits per heavy atom. The quantitative estimate of drug-likeness (QED) is 0.877. The molecule has 0 aliphatic carbocycles. The van der Waals surface area contributed by atoms with E-state index in [1.165, 1.54) is 24.3 Å². The minimum atomic E-state index is -3.45. The lowest BCUT2D eigenvalue weighted by Crippen LogP contribution is -2.38. The van der Waals surface area contributed by atoms with Crippen LogP contribution < -0.4 is 4.72 Å². The number of rotatable bonds is 3. The molecule has 0 bridgehead atoms. The molecule has 94 valence electrons. The lowest BCUT2D eigenvalue weighted by molar-refractivity contribution is 0.474. The molecule has 2 N–H and O–H groups in total. The second kappa shape index (κ2) is 5.29. The summed E-state index contributed by atoms with van der Waals surface area (Å²) in [5.74, 6) is 2.01. The van der Waals surface area contributed by atoms with Gasteiger partial charge in [-0.15, -0.1) is 0 Å². The number of benzene rings is 1. The van der Waals surface area contributed by atoms with Crippen molar-refractivity contribution in [1.82, 2.24) is 4.72 Å². The second-order valence-corrected chi connectivity index (χ2v) is 6.89. The van der Waals surface area contributed by atoms with Gasteiger partial charge in [0, 0.05) is 11.8 Å². The molecule has 1 saturated heterocycles. The Morgan fingerprint density at radius 1 is 1.29 bits per heavy atom. The Kier molecular flexibility index (Phi) is 3.96. The maximum atomic E-state index is 12.0. The minimum Gasteiger partial charge on any atom is -0.508 e. The van der Waals surface area contributed by atoms with Gasteiger partial charge in [0.1, 0.15) is 5.75 Å². The van der Waals surface area contributed by atoms with Gasteiger partial charge in [-0.05, 0) is 42.9 Å². The van der Waals surface area contributed by atoms with Crippen LogP contribution in [-0.2, 0) is 10.0 Å². The Bertz CT molecular complexity index is 464. The predicted molar refractivity (Wildman–Crippen MR) is 68.8 cm³/mol. The molecule has 0 amide bonds. The maximum Gasteiger partial charge on any atom is 0.240 e. The van der Waals surface area contributed by atoms with Crippen molar-refractivity contribution in [3.63, 3.8) is 0 Å². The zero-order valence-electron chi connectivity index (χ0n) is 9.30. The average Bonchev–Trinajstić information content (AvgIpc) is 2.30. The number of phenolic OH excluding ortho intramolecular Hbond substituents is 1. The van der Waals surface area contributed by atoms with Crippen LogP contribution in [0.4, 0.5) is 0 Å². The summed E-state index contributed by atoms with van der Waals surface area (Å²) in [5.41, 5.74) is 0. The second-order valence-electron chi connectivity index (χ2n) is 4.03. The molecule has 1 aliphatic rings. The average molecular weight is 273 g/mol. The Morgan fingerprint density at radius 3 is 2.59 bits per heavy atom. The summed E-state index contributed by atoms with van der Waals surface area (Å²) < 4.78 is 26.7. The number of hydrogen-bond acceptors (Lipinski definition) is 4. The molecule has 0 spiro atoms. The number of aromatic hydroxyl groups is 1. The molecule has 1 aromatic carbocycles. The molecule has 1 aromatic rings. The van der Waals surface area contributed by atoms with Crippen LogP contribution in [0.25, 0.3) is 0 Å². The largest absolute Gasteiger partial charge is 0.508 e. The van der Waals surface area contributed by atoms with E-state index < -0.39 is 10.0 Å². The van der Waals surface area contributed by atoms with Crippen molar-refractivity contribution in [2.75, 3.05) is 11.5 Å². The highest BCUT2D eigenvalue weighted by atomic mass is 32.2. The van der Waals surface area contributed by atoms with E-state index in [9.17, 15) is 8.42 Å². The highest BCUT2D eigenvalue weighted by molar-refractivity contribution is 7.99. The van der Waals surface area contributed by atoms with E-state index in [1.807, 2.05) is 0 Å². The topological polar surface area (TPSA) is 66.4 Å². The summed E-state index contributed by atoms with van der Waals surface area (Å²) in [7, 11) is -3.45. The number of phenols is 1. The van der Waals surface area contributed by atoms with Crippen molar-refractivity contribution in [2.24, 2.45) is 0 Å². The molecule has 0 saturated carbocycles. The van der Waals surface area contributed by atoms with Gasteiger partial charge in [0.05, 0.1) is 4.90 Å². The molecular formula is C11H15NO3S2. The van der Waals surface area contributed by atoms with Gasteiger partial charge in [-0.3, -0.25) is 0 Å². The zero-order chi connectivity index (χ0) is 12.3. The summed E-state index contributed by atoms with van der Waals surface area (Å²) >= 11 is 1.77. The van der Waals surface area contributed by atoms with Gasteiger partial charge in [-0.1, -0.05) is 0 Å². The fraction of sp³-hybridized carbons (Fsp3) is 0.455. The van der Waals surface area contributed by atoms with E-state index in [0.717, 1.165) is 24.3 Å². The Balaban J connectivity index is 2.10. The molecule has 17 heavy (non-hydrogen) atoms. The van der Waals surface area contributed by atoms with E-state index in [1.54, 1.807) is 11.8 Å². The predicted octanol–water partition coefficient (Wildman–Crippen LogP) is 1.57. The van der Waals surface area contributed by atoms with Crippen molar-refractivity contribution < 1.29 is 13.5 Å². The summed E-state index contributed by atoms with van der Waals surface area (Å²) in [6.07, 6.45) is 1.94. The van der Waals surface area contributed by atoms with Gasteiger partial charge in [-0.2, -0.15) is 11.8 Å². The monoisotopic (exact) mass is 273 g/mol. The van der Waals surface area contributed by atoms with Gasteiger partial charge in [0.15, 0.2) is 0 Å². The zero-order valence-corrected chi connectivity index (χ0v) is 10.9. The molecule has 6 heteroatoms. The van der Waals surface area contributed by atoms with Crippen LogP contribution in [0.5, 0.6) is 5.75 Å². The fourth-order valence-corrected chi connectivity index (χ4v) is 4.19. The van der Waals surface area contributed by atoms with Crippen LogP contribution in [0.15, 0.2) is 29.2 Å². The highest BCUT2D eigenvalue weighted by Crippen LogP contribution is 2.20. The van der Waals surface area contributed by atoms with Gasteiger partial charge in [-0.25, -0.2) is 13.1 Å². The molecular weight excluding hydrogens is 258 g/mol. The maximum absolute atomic E-state index is 12.0. The molecule has 1 aliphatic heterocycles. The standard InChI is InChI=1S/C11H15NO3S2/c13-10-3-5-11(6-4-10)17(14,15)12-9-2-1-7-16-8-9/h3-6,9,12-13H,1-2,7-8H2. The van der Waals surface area contributed by atoms with Crippen molar-refractivity contribution in [2.45, 2.75) is 23.8 Å². The van der Waals surface area contributed by atoms with E-state index in [-0.39, 0.29) is 16.7 Å². The molecule has 4 nitrogen and oxygen atoms in total. The number of nitrogens with one attached hydrogen (secondary N) is 1. The smallest absolute Gasteiger partial charge is 0.240 e. The third kappa shape index (κ3) is 3.37. The summed E-state index contributed by atoms with van der Waals surface area (Å²) in [5, 5.41) is 9.13. The van der Waals surface area contributed by atoms with E-state index in [4.69, 9.17) is 5.11 Å². The number of sulfonamides is 1. The summed E-state index contributed by atoms with van der Waals surface area (Å²) in [4.78, 5) is 0.200. The molecule has 1 unspecified atom stereocenters. The molecule has 0 radical (unpaired) electrons.